The van der Waals surface area contributed by atoms with E-state index in [-0.39, 0.29) is 11.7 Å². The number of rotatable bonds is 5. The Balaban J connectivity index is 1.63. The highest BCUT2D eigenvalue weighted by atomic mass is 79.9. The molecule has 0 bridgehead atoms. The predicted octanol–water partition coefficient (Wildman–Crippen LogP) is 4.19. The van der Waals surface area contributed by atoms with E-state index < -0.39 is 0 Å². The van der Waals surface area contributed by atoms with Crippen molar-refractivity contribution >= 4 is 39.3 Å². The van der Waals surface area contributed by atoms with E-state index in [4.69, 9.17) is 4.42 Å². The van der Waals surface area contributed by atoms with Crippen molar-refractivity contribution in [1.82, 2.24) is 14.8 Å². The van der Waals surface area contributed by atoms with Crippen molar-refractivity contribution < 1.29 is 9.21 Å². The number of carbonyl (C=O) groups excluding carboxylic acids is 1. The van der Waals surface area contributed by atoms with E-state index in [0.717, 1.165) is 11.3 Å². The minimum absolute atomic E-state index is 0.0813. The Hall–Kier alpha value is -2.06. The van der Waals surface area contributed by atoms with Crippen LogP contribution in [-0.2, 0) is 11.8 Å². The van der Waals surface area contributed by atoms with Gasteiger partial charge in [0.15, 0.2) is 21.4 Å². The molecule has 3 rings (SSSR count). The van der Waals surface area contributed by atoms with Crippen LogP contribution in [0.4, 0.5) is 5.69 Å². The molecule has 0 spiro atoms. The molecule has 1 N–H and O–H groups in total. The zero-order valence-electron chi connectivity index (χ0n) is 14.0. The molecular formula is C17H17BrN4O2S. The van der Waals surface area contributed by atoms with Crippen molar-refractivity contribution in [2.24, 2.45) is 7.05 Å². The molecule has 1 aromatic carbocycles. The lowest BCUT2D eigenvalue weighted by molar-refractivity contribution is -0.113. The zero-order chi connectivity index (χ0) is 18.0. The van der Waals surface area contributed by atoms with Gasteiger partial charge in [-0.05, 0) is 53.5 Å². The molecule has 2 aromatic heterocycles. The third-order valence-electron chi connectivity index (χ3n) is 3.62. The molecule has 1 amide bonds. The Labute approximate surface area is 158 Å². The highest BCUT2D eigenvalue weighted by Crippen LogP contribution is 2.26. The second-order valence-electron chi connectivity index (χ2n) is 5.62. The molecule has 130 valence electrons. The number of amides is 1. The maximum atomic E-state index is 12.2. The van der Waals surface area contributed by atoms with Gasteiger partial charge in [-0.25, -0.2) is 0 Å². The number of thioether (sulfide) groups is 1. The summed E-state index contributed by atoms with van der Waals surface area (Å²) < 4.78 is 7.93. The highest BCUT2D eigenvalue weighted by Gasteiger charge is 2.15. The summed E-state index contributed by atoms with van der Waals surface area (Å²) in [4.78, 5) is 12.2. The van der Waals surface area contributed by atoms with Gasteiger partial charge in [0.25, 0.3) is 0 Å². The lowest BCUT2D eigenvalue weighted by atomic mass is 10.1. The molecule has 2 heterocycles. The fourth-order valence-corrected chi connectivity index (χ4v) is 3.38. The van der Waals surface area contributed by atoms with Gasteiger partial charge in [0.1, 0.15) is 0 Å². The average Bonchev–Trinajstić information content (AvgIpc) is 3.14. The first-order chi connectivity index (χ1) is 11.9. The Morgan fingerprint density at radius 1 is 1.28 bits per heavy atom. The molecule has 0 aliphatic heterocycles. The van der Waals surface area contributed by atoms with Gasteiger partial charge in [0.2, 0.25) is 5.91 Å². The molecule has 0 unspecified atom stereocenters. The Kier molecular flexibility index (Phi) is 5.29. The number of aromatic nitrogens is 3. The summed E-state index contributed by atoms with van der Waals surface area (Å²) in [5.41, 5.74) is 3.04. The molecule has 8 heteroatoms. The van der Waals surface area contributed by atoms with Crippen molar-refractivity contribution in [3.8, 4) is 11.6 Å². The Morgan fingerprint density at radius 3 is 2.76 bits per heavy atom. The number of carbonyl (C=O) groups is 1. The van der Waals surface area contributed by atoms with E-state index in [1.807, 2.05) is 45.2 Å². The predicted molar refractivity (Wildman–Crippen MR) is 102 cm³/mol. The van der Waals surface area contributed by atoms with E-state index in [1.165, 1.54) is 17.3 Å². The van der Waals surface area contributed by atoms with Gasteiger partial charge >= 0.3 is 0 Å². The molecule has 0 atom stereocenters. The number of furan rings is 1. The Bertz CT molecular complexity index is 919. The van der Waals surface area contributed by atoms with Gasteiger partial charge < -0.3 is 14.3 Å². The number of hydrogen-bond donors (Lipinski definition) is 1. The van der Waals surface area contributed by atoms with Gasteiger partial charge in [-0.15, -0.1) is 10.2 Å². The molecule has 0 fully saturated rings. The van der Waals surface area contributed by atoms with Crippen LogP contribution in [0.3, 0.4) is 0 Å². The van der Waals surface area contributed by atoms with Crippen molar-refractivity contribution in [3.63, 3.8) is 0 Å². The fraction of sp³-hybridized carbons (Fsp3) is 0.235. The van der Waals surface area contributed by atoms with E-state index >= 15 is 0 Å². The highest BCUT2D eigenvalue weighted by molar-refractivity contribution is 9.10. The smallest absolute Gasteiger partial charge is 0.234 e. The third-order valence-corrected chi connectivity index (χ3v) is 5.06. The molecule has 0 radical (unpaired) electrons. The van der Waals surface area contributed by atoms with Gasteiger partial charge in [-0.1, -0.05) is 29.5 Å². The standard InChI is InChI=1S/C17H17BrN4O2S/c1-10-4-5-12(11(2)8-10)19-15(23)9-25-17-21-20-16(22(17)3)13-6-7-14(18)24-13/h4-8H,9H2,1-3H3,(H,19,23). The molecule has 3 aromatic rings. The average molecular weight is 421 g/mol. The first-order valence-electron chi connectivity index (χ1n) is 7.59. The Morgan fingerprint density at radius 2 is 2.08 bits per heavy atom. The lowest BCUT2D eigenvalue weighted by Crippen LogP contribution is -2.15. The molecular weight excluding hydrogens is 404 g/mol. The molecule has 25 heavy (non-hydrogen) atoms. The number of nitrogens with zero attached hydrogens (tertiary/aromatic N) is 3. The van der Waals surface area contributed by atoms with Gasteiger partial charge in [-0.2, -0.15) is 0 Å². The monoisotopic (exact) mass is 420 g/mol. The first-order valence-corrected chi connectivity index (χ1v) is 9.37. The van der Waals surface area contributed by atoms with E-state index in [0.29, 0.717) is 21.4 Å². The summed E-state index contributed by atoms with van der Waals surface area (Å²) in [5.74, 6) is 1.40. The van der Waals surface area contributed by atoms with Gasteiger partial charge in [0.05, 0.1) is 5.75 Å². The topological polar surface area (TPSA) is 73.0 Å². The number of hydrogen-bond acceptors (Lipinski definition) is 5. The van der Waals surface area contributed by atoms with Crippen LogP contribution < -0.4 is 5.32 Å². The van der Waals surface area contributed by atoms with Crippen LogP contribution in [0.25, 0.3) is 11.6 Å². The van der Waals surface area contributed by atoms with Gasteiger partial charge in [-0.3, -0.25) is 4.79 Å². The number of benzene rings is 1. The van der Waals surface area contributed by atoms with Crippen molar-refractivity contribution in [1.29, 1.82) is 0 Å². The summed E-state index contributed by atoms with van der Waals surface area (Å²) in [7, 11) is 1.84. The molecule has 6 nitrogen and oxygen atoms in total. The second kappa shape index (κ2) is 7.45. The SMILES string of the molecule is Cc1ccc(NC(=O)CSc2nnc(-c3ccc(Br)o3)n2C)c(C)c1. The molecule has 0 saturated carbocycles. The second-order valence-corrected chi connectivity index (χ2v) is 7.35. The van der Waals surface area contributed by atoms with Crippen LogP contribution in [0.2, 0.25) is 0 Å². The maximum Gasteiger partial charge on any atom is 0.234 e. The maximum absolute atomic E-state index is 12.2. The summed E-state index contributed by atoms with van der Waals surface area (Å²) in [6.07, 6.45) is 0. The van der Waals surface area contributed by atoms with E-state index in [2.05, 4.69) is 31.4 Å². The van der Waals surface area contributed by atoms with Crippen molar-refractivity contribution in [3.05, 3.63) is 46.1 Å². The zero-order valence-corrected chi connectivity index (χ0v) is 16.4. The van der Waals surface area contributed by atoms with Gasteiger partial charge in [0, 0.05) is 12.7 Å². The lowest BCUT2D eigenvalue weighted by Gasteiger charge is -2.09. The number of halogens is 1. The van der Waals surface area contributed by atoms with Crippen LogP contribution >= 0.6 is 27.7 Å². The largest absolute Gasteiger partial charge is 0.446 e. The summed E-state index contributed by atoms with van der Waals surface area (Å²) in [5, 5.41) is 11.8. The van der Waals surface area contributed by atoms with Crippen LogP contribution in [0, 0.1) is 13.8 Å². The minimum atomic E-state index is -0.0813. The number of aryl methyl sites for hydroxylation is 2. The normalized spacial score (nSPS) is 10.9. The van der Waals surface area contributed by atoms with E-state index in [9.17, 15) is 4.79 Å². The number of anilines is 1. The third kappa shape index (κ3) is 4.13. The first kappa shape index (κ1) is 17.8. The summed E-state index contributed by atoms with van der Waals surface area (Å²) in [6, 6.07) is 9.55. The molecule has 0 aliphatic carbocycles. The molecule has 0 saturated heterocycles. The van der Waals surface area contributed by atoms with Crippen LogP contribution in [0.15, 0.2) is 44.6 Å². The quantitative estimate of drug-likeness (QED) is 0.626. The van der Waals surface area contributed by atoms with Crippen molar-refractivity contribution in [2.45, 2.75) is 19.0 Å². The van der Waals surface area contributed by atoms with Crippen LogP contribution in [-0.4, -0.2) is 26.4 Å². The molecule has 0 aliphatic rings. The fourth-order valence-electron chi connectivity index (χ4n) is 2.36. The van der Waals surface area contributed by atoms with E-state index in [1.54, 1.807) is 10.6 Å². The van der Waals surface area contributed by atoms with Crippen LogP contribution in [0.5, 0.6) is 0 Å². The van der Waals surface area contributed by atoms with Crippen molar-refractivity contribution in [2.75, 3.05) is 11.1 Å². The minimum Gasteiger partial charge on any atom is -0.446 e. The summed E-state index contributed by atoms with van der Waals surface area (Å²) >= 11 is 4.60. The van der Waals surface area contributed by atoms with Crippen LogP contribution in [0.1, 0.15) is 11.1 Å². The number of nitrogens with one attached hydrogen (secondary N) is 1. The summed E-state index contributed by atoms with van der Waals surface area (Å²) in [6.45, 7) is 4.00.